The van der Waals surface area contributed by atoms with Crippen LogP contribution in [0, 0.1) is 0 Å². The molecular weight excluding hydrogens is 578 g/mol. The van der Waals surface area contributed by atoms with Gasteiger partial charge in [-0.05, 0) is 75.4 Å². The third-order valence-electron chi connectivity index (χ3n) is 6.45. The van der Waals surface area contributed by atoms with E-state index in [1.165, 1.54) is 11.3 Å². The lowest BCUT2D eigenvalue weighted by atomic mass is 10.0. The van der Waals surface area contributed by atoms with E-state index in [1.54, 1.807) is 18.8 Å². The van der Waals surface area contributed by atoms with E-state index in [0.29, 0.717) is 23.7 Å². The number of benzene rings is 3. The van der Waals surface area contributed by atoms with E-state index in [-0.39, 0.29) is 5.91 Å². The summed E-state index contributed by atoms with van der Waals surface area (Å²) in [7, 11) is 1.62. The van der Waals surface area contributed by atoms with Gasteiger partial charge in [-0.2, -0.15) is 5.10 Å². The smallest absolute Gasteiger partial charge is 0.257 e. The van der Waals surface area contributed by atoms with Crippen molar-refractivity contribution in [1.29, 1.82) is 0 Å². The van der Waals surface area contributed by atoms with E-state index in [4.69, 9.17) is 9.47 Å². The van der Waals surface area contributed by atoms with E-state index < -0.39 is 0 Å². The van der Waals surface area contributed by atoms with Crippen molar-refractivity contribution >= 4 is 50.2 Å². The number of ether oxygens (including phenoxy) is 2. The summed E-state index contributed by atoms with van der Waals surface area (Å²) in [6.45, 7) is 1.12. The van der Waals surface area contributed by atoms with Crippen LogP contribution in [0.15, 0.2) is 82.4 Å². The van der Waals surface area contributed by atoms with Crippen LogP contribution in [-0.2, 0) is 19.6 Å². The Kier molecular flexibility index (Phi) is 7.04. The molecule has 8 nitrogen and oxygen atoms in total. The molecule has 10 heteroatoms. The summed E-state index contributed by atoms with van der Waals surface area (Å²) in [5.41, 5.74) is 8.57. The zero-order chi connectivity index (χ0) is 26.8. The second kappa shape index (κ2) is 10.9. The number of hydrogen-bond acceptors (Lipinski definition) is 7. The average Bonchev–Trinajstić information content (AvgIpc) is 3.60. The van der Waals surface area contributed by atoms with E-state index in [0.717, 1.165) is 56.9 Å². The minimum absolute atomic E-state index is 0.153. The first-order chi connectivity index (χ1) is 19.1. The van der Waals surface area contributed by atoms with Gasteiger partial charge in [0.25, 0.3) is 5.91 Å². The highest BCUT2D eigenvalue weighted by molar-refractivity contribution is 9.10. The number of carbonyl (C=O) groups excluding carboxylic acids is 1. The van der Waals surface area contributed by atoms with E-state index in [9.17, 15) is 4.79 Å². The van der Waals surface area contributed by atoms with Crippen LogP contribution in [0.5, 0.6) is 11.5 Å². The number of thiazole rings is 1. The van der Waals surface area contributed by atoms with Crippen LogP contribution in [0.2, 0.25) is 0 Å². The fraction of sp³-hybridized carbons (Fsp3) is 0.138. The Hall–Kier alpha value is -4.15. The fourth-order valence-corrected chi connectivity index (χ4v) is 5.32. The zero-order valence-electron chi connectivity index (χ0n) is 21.0. The summed E-state index contributed by atoms with van der Waals surface area (Å²) >= 11 is 4.96. The molecule has 1 aliphatic rings. The third kappa shape index (κ3) is 5.52. The quantitative estimate of drug-likeness (QED) is 0.201. The van der Waals surface area contributed by atoms with Gasteiger partial charge in [0.1, 0.15) is 6.61 Å². The highest BCUT2D eigenvalue weighted by Crippen LogP contribution is 2.37. The number of methoxy groups -OCH3 is 1. The van der Waals surface area contributed by atoms with Crippen molar-refractivity contribution in [3.63, 3.8) is 0 Å². The standard InChI is InChI=1S/C29H24BrN5O3S/c1-37-28-12-20(4-7-27(28)38-15-22-16-39-17-31-22)19-3-5-23-25(11-19)33-24-6-2-18(10-26(24)34-29(23)36)8-9-35-14-21(30)13-32-35/h2-7,10-14,16-17,33H,8-9,15H2,1H3,(H,34,36). The van der Waals surface area contributed by atoms with Crippen LogP contribution >= 0.6 is 27.3 Å². The Labute approximate surface area is 237 Å². The van der Waals surface area contributed by atoms with Crippen molar-refractivity contribution < 1.29 is 14.3 Å². The van der Waals surface area contributed by atoms with Gasteiger partial charge in [0, 0.05) is 18.1 Å². The molecule has 3 aromatic carbocycles. The lowest BCUT2D eigenvalue weighted by Gasteiger charge is -2.14. The number of fused-ring (bicyclic) bond motifs is 2. The van der Waals surface area contributed by atoms with Gasteiger partial charge in [-0.15, -0.1) is 11.3 Å². The number of aromatic nitrogens is 3. The number of anilines is 3. The molecule has 0 bridgehead atoms. The zero-order valence-corrected chi connectivity index (χ0v) is 23.4. The maximum Gasteiger partial charge on any atom is 0.257 e. The third-order valence-corrected chi connectivity index (χ3v) is 7.50. The number of rotatable bonds is 8. The van der Waals surface area contributed by atoms with Crippen molar-refractivity contribution in [2.75, 3.05) is 17.7 Å². The molecule has 196 valence electrons. The molecule has 0 atom stereocenters. The Morgan fingerprint density at radius 1 is 0.974 bits per heavy atom. The second-order valence-corrected chi connectivity index (χ2v) is 10.7. The molecule has 0 spiro atoms. The topological polar surface area (TPSA) is 90.3 Å². The van der Waals surface area contributed by atoms with Gasteiger partial charge in [-0.25, -0.2) is 4.98 Å². The van der Waals surface area contributed by atoms with Gasteiger partial charge in [0.15, 0.2) is 11.5 Å². The SMILES string of the molecule is COc1cc(-c2ccc3c(c2)Nc2ccc(CCn4cc(Br)cn4)cc2NC3=O)ccc1OCc1cscn1. The van der Waals surface area contributed by atoms with Gasteiger partial charge < -0.3 is 20.1 Å². The summed E-state index contributed by atoms with van der Waals surface area (Å²) < 4.78 is 14.4. The fourth-order valence-electron chi connectivity index (χ4n) is 4.45. The summed E-state index contributed by atoms with van der Waals surface area (Å²) in [6.07, 6.45) is 4.51. The summed E-state index contributed by atoms with van der Waals surface area (Å²) in [6, 6.07) is 17.7. The largest absolute Gasteiger partial charge is 0.493 e. The number of hydrogen-bond donors (Lipinski definition) is 2. The number of nitrogens with zero attached hydrogens (tertiary/aromatic N) is 3. The minimum Gasteiger partial charge on any atom is -0.493 e. The number of amides is 1. The van der Waals surface area contributed by atoms with Crippen LogP contribution in [-0.4, -0.2) is 27.8 Å². The highest BCUT2D eigenvalue weighted by atomic mass is 79.9. The molecule has 0 radical (unpaired) electrons. The van der Waals surface area contributed by atoms with Crippen LogP contribution in [0.3, 0.4) is 0 Å². The van der Waals surface area contributed by atoms with Crippen molar-refractivity contribution in [3.05, 3.63) is 99.2 Å². The average molecular weight is 603 g/mol. The first kappa shape index (κ1) is 25.1. The predicted octanol–water partition coefficient (Wildman–Crippen LogP) is 6.91. The first-order valence-electron chi connectivity index (χ1n) is 12.3. The Balaban J connectivity index is 1.22. The molecular formula is C29H24BrN5O3S. The molecule has 2 N–H and O–H groups in total. The maximum atomic E-state index is 13.1. The van der Waals surface area contributed by atoms with Gasteiger partial charge in [-0.1, -0.05) is 18.2 Å². The molecule has 39 heavy (non-hydrogen) atoms. The normalized spacial score (nSPS) is 12.1. The van der Waals surface area contributed by atoms with Crippen LogP contribution in [0.1, 0.15) is 21.6 Å². The van der Waals surface area contributed by atoms with Gasteiger partial charge in [-0.3, -0.25) is 9.48 Å². The molecule has 0 saturated heterocycles. The van der Waals surface area contributed by atoms with Crippen molar-refractivity contribution in [1.82, 2.24) is 14.8 Å². The molecule has 3 heterocycles. The van der Waals surface area contributed by atoms with E-state index in [2.05, 4.69) is 42.7 Å². The maximum absolute atomic E-state index is 13.1. The van der Waals surface area contributed by atoms with Crippen molar-refractivity contribution in [2.24, 2.45) is 0 Å². The summed E-state index contributed by atoms with van der Waals surface area (Å²) in [5.74, 6) is 1.12. The number of nitrogens with one attached hydrogen (secondary N) is 2. The number of carbonyl (C=O) groups is 1. The molecule has 0 unspecified atom stereocenters. The lowest BCUT2D eigenvalue weighted by Crippen LogP contribution is -2.11. The molecule has 0 saturated carbocycles. The molecule has 0 fully saturated rings. The highest BCUT2D eigenvalue weighted by Gasteiger charge is 2.20. The molecule has 1 amide bonds. The summed E-state index contributed by atoms with van der Waals surface area (Å²) in [5, 5.41) is 12.8. The number of aryl methyl sites for hydroxylation is 2. The Bertz CT molecular complexity index is 1650. The van der Waals surface area contributed by atoms with E-state index >= 15 is 0 Å². The molecule has 2 aromatic heterocycles. The molecule has 1 aliphatic heterocycles. The lowest BCUT2D eigenvalue weighted by molar-refractivity contribution is 0.102. The molecule has 0 aliphatic carbocycles. The monoisotopic (exact) mass is 601 g/mol. The van der Waals surface area contributed by atoms with Crippen molar-refractivity contribution in [2.45, 2.75) is 19.6 Å². The second-order valence-electron chi connectivity index (χ2n) is 9.03. The van der Waals surface area contributed by atoms with Gasteiger partial charge >= 0.3 is 0 Å². The Morgan fingerprint density at radius 2 is 1.85 bits per heavy atom. The number of halogens is 1. The van der Waals surface area contributed by atoms with Crippen LogP contribution in [0.25, 0.3) is 11.1 Å². The van der Waals surface area contributed by atoms with E-state index in [1.807, 2.05) is 64.8 Å². The first-order valence-corrected chi connectivity index (χ1v) is 14.0. The summed E-state index contributed by atoms with van der Waals surface area (Å²) in [4.78, 5) is 17.4. The minimum atomic E-state index is -0.153. The van der Waals surface area contributed by atoms with Gasteiger partial charge in [0.2, 0.25) is 0 Å². The molecule has 6 rings (SSSR count). The molecule has 5 aromatic rings. The predicted molar refractivity (Wildman–Crippen MR) is 156 cm³/mol. The van der Waals surface area contributed by atoms with Crippen LogP contribution in [0.4, 0.5) is 17.1 Å². The van der Waals surface area contributed by atoms with Gasteiger partial charge in [0.05, 0.1) is 51.6 Å². The van der Waals surface area contributed by atoms with Crippen molar-refractivity contribution in [3.8, 4) is 22.6 Å². The van der Waals surface area contributed by atoms with Crippen LogP contribution < -0.4 is 20.1 Å². The Morgan fingerprint density at radius 3 is 2.64 bits per heavy atom.